The highest BCUT2D eigenvalue weighted by atomic mass is 16.6. The first kappa shape index (κ1) is 15.2. The molecule has 1 aromatic heterocycles. The van der Waals surface area contributed by atoms with Crippen molar-refractivity contribution >= 4 is 28.7 Å². The van der Waals surface area contributed by atoms with E-state index in [1.807, 2.05) is 12.1 Å². The lowest BCUT2D eigenvalue weighted by molar-refractivity contribution is -0.385. The number of aromatic amines is 1. The van der Waals surface area contributed by atoms with Gasteiger partial charge >= 0.3 is 0 Å². The Morgan fingerprint density at radius 3 is 2.88 bits per heavy atom. The van der Waals surface area contributed by atoms with Gasteiger partial charge < -0.3 is 10.1 Å². The molecule has 0 saturated heterocycles. The summed E-state index contributed by atoms with van der Waals surface area (Å²) in [6.07, 6.45) is 2.81. The van der Waals surface area contributed by atoms with Crippen molar-refractivity contribution in [1.82, 2.24) is 10.4 Å². The molecule has 0 aliphatic rings. The maximum Gasteiger partial charge on any atom is 0.273 e. The number of nitrogens with zero attached hydrogens (tertiary/aromatic N) is 2. The van der Waals surface area contributed by atoms with E-state index in [0.29, 0.717) is 11.1 Å². The normalized spacial score (nSPS) is 11.0. The van der Waals surface area contributed by atoms with Gasteiger partial charge in [-0.15, -0.1) is 0 Å². The van der Waals surface area contributed by atoms with Crippen LogP contribution < -0.4 is 10.5 Å². The van der Waals surface area contributed by atoms with Gasteiger partial charge in [-0.1, -0.05) is 23.9 Å². The van der Waals surface area contributed by atoms with Crippen LogP contribution >= 0.6 is 0 Å². The average molecular weight is 323 g/mol. The fraction of sp³-hybridized carbons (Fsp3) is 0. The topological polar surface area (TPSA) is 123 Å². The summed E-state index contributed by atoms with van der Waals surface area (Å²) in [5, 5.41) is 27.0. The van der Waals surface area contributed by atoms with Gasteiger partial charge in [-0.05, 0) is 17.7 Å². The number of nitrogens with one attached hydrogen (secondary N) is 2. The first-order valence-corrected chi connectivity index (χ1v) is 6.91. The number of fused-ring (bicyclic) bond motifs is 1. The lowest BCUT2D eigenvalue weighted by Crippen LogP contribution is -2.18. The van der Waals surface area contributed by atoms with Gasteiger partial charge in [0.15, 0.2) is 0 Å². The first-order chi connectivity index (χ1) is 11.6. The number of benzene rings is 2. The molecule has 8 nitrogen and oxygen atoms in total. The number of nitro benzene ring substituents is 1. The van der Waals surface area contributed by atoms with E-state index < -0.39 is 16.6 Å². The summed E-state index contributed by atoms with van der Waals surface area (Å²) in [6, 6.07) is 10.4. The molecule has 0 aliphatic carbocycles. The summed E-state index contributed by atoms with van der Waals surface area (Å²) in [5.74, 6) is -0.887. The molecule has 0 aliphatic heterocycles. The van der Waals surface area contributed by atoms with Gasteiger partial charge in [0.1, 0.15) is 0 Å². The van der Waals surface area contributed by atoms with Gasteiger partial charge in [0, 0.05) is 23.7 Å². The summed E-state index contributed by atoms with van der Waals surface area (Å²) in [5.41, 5.74) is 3.17. The molecule has 0 spiro atoms. The van der Waals surface area contributed by atoms with Crippen LogP contribution in [-0.2, 0) is 0 Å². The summed E-state index contributed by atoms with van der Waals surface area (Å²) >= 11 is 0. The Balaban J connectivity index is 1.79. The van der Waals surface area contributed by atoms with Gasteiger partial charge in [0.2, 0.25) is 0 Å². The summed E-state index contributed by atoms with van der Waals surface area (Å²) in [6.45, 7) is 0. The van der Waals surface area contributed by atoms with Gasteiger partial charge in [0.05, 0.1) is 22.2 Å². The molecule has 0 bridgehead atoms. The molecular formula is C16H11N4O4-. The Hall–Kier alpha value is -3.68. The van der Waals surface area contributed by atoms with Crippen LogP contribution in [0.2, 0.25) is 0 Å². The maximum atomic E-state index is 12.2. The van der Waals surface area contributed by atoms with E-state index in [4.69, 9.17) is 0 Å². The Labute approximate surface area is 135 Å². The molecule has 3 aromatic rings. The maximum absolute atomic E-state index is 12.2. The van der Waals surface area contributed by atoms with Gasteiger partial charge in [-0.3, -0.25) is 14.9 Å². The second kappa shape index (κ2) is 6.21. The van der Waals surface area contributed by atoms with Crippen molar-refractivity contribution < 1.29 is 14.8 Å². The second-order valence-corrected chi connectivity index (χ2v) is 4.93. The molecule has 0 saturated carbocycles. The lowest BCUT2D eigenvalue weighted by Gasteiger charge is -2.08. The first-order valence-electron chi connectivity index (χ1n) is 6.91. The molecular weight excluding hydrogens is 312 g/mol. The quantitative estimate of drug-likeness (QED) is 0.432. The number of hydrogen-bond acceptors (Lipinski definition) is 5. The number of carbonyl (C=O) groups excluding carboxylic acids is 1. The van der Waals surface area contributed by atoms with Crippen LogP contribution in [0.3, 0.4) is 0 Å². The van der Waals surface area contributed by atoms with E-state index >= 15 is 0 Å². The van der Waals surface area contributed by atoms with Crippen molar-refractivity contribution in [2.45, 2.75) is 0 Å². The fourth-order valence-electron chi connectivity index (χ4n) is 2.25. The molecule has 2 aromatic carbocycles. The number of carbonyl (C=O) groups is 1. The van der Waals surface area contributed by atoms with Crippen LogP contribution in [0.25, 0.3) is 10.9 Å². The highest BCUT2D eigenvalue weighted by Crippen LogP contribution is 2.19. The van der Waals surface area contributed by atoms with E-state index in [0.717, 1.165) is 29.8 Å². The fourth-order valence-corrected chi connectivity index (χ4v) is 2.25. The monoisotopic (exact) mass is 323 g/mol. The SMILES string of the molecule is O=C(N/N=C/c1cc([N+](=O)[O-])ccc1[O-])c1cccc2cc[nH]c12. The third-order valence-corrected chi connectivity index (χ3v) is 3.41. The minimum absolute atomic E-state index is 0.0163. The van der Waals surface area contributed by atoms with Crippen LogP contribution in [0.5, 0.6) is 5.75 Å². The molecule has 3 rings (SSSR count). The van der Waals surface area contributed by atoms with E-state index in [1.54, 1.807) is 18.3 Å². The molecule has 0 fully saturated rings. The molecule has 8 heteroatoms. The summed E-state index contributed by atoms with van der Waals surface area (Å²) in [7, 11) is 0. The minimum atomic E-state index is -0.610. The van der Waals surface area contributed by atoms with Gasteiger partial charge in [-0.25, -0.2) is 5.43 Å². The zero-order valence-electron chi connectivity index (χ0n) is 12.2. The van der Waals surface area contributed by atoms with Crippen LogP contribution in [0.1, 0.15) is 15.9 Å². The van der Waals surface area contributed by atoms with Gasteiger partial charge in [0.25, 0.3) is 11.6 Å². The van der Waals surface area contributed by atoms with Crippen molar-refractivity contribution in [3.05, 3.63) is 69.9 Å². The van der Waals surface area contributed by atoms with Crippen LogP contribution in [-0.4, -0.2) is 22.0 Å². The Bertz CT molecular complexity index is 962. The molecule has 1 amide bonds. The highest BCUT2D eigenvalue weighted by Gasteiger charge is 2.10. The van der Waals surface area contributed by atoms with Crippen LogP contribution in [0.4, 0.5) is 5.69 Å². The Kier molecular flexibility index (Phi) is 3.94. The average Bonchev–Trinajstić information content (AvgIpc) is 3.04. The number of para-hydroxylation sites is 1. The number of amides is 1. The standard InChI is InChI=1S/C16H12N4O4/c21-14-5-4-12(20(23)24)8-11(14)9-18-19-16(22)13-3-1-2-10-6-7-17-15(10)13/h1-9,17,21H,(H,19,22)/p-1/b18-9+. The number of rotatable bonds is 4. The second-order valence-electron chi connectivity index (χ2n) is 4.93. The van der Waals surface area contributed by atoms with Crippen molar-refractivity contribution in [3.63, 3.8) is 0 Å². The minimum Gasteiger partial charge on any atom is -0.872 e. The molecule has 2 N–H and O–H groups in total. The van der Waals surface area contributed by atoms with Crippen molar-refractivity contribution in [2.75, 3.05) is 0 Å². The van der Waals surface area contributed by atoms with Crippen molar-refractivity contribution in [3.8, 4) is 5.75 Å². The molecule has 120 valence electrons. The molecule has 0 radical (unpaired) electrons. The number of non-ortho nitro benzene ring substituents is 1. The van der Waals surface area contributed by atoms with E-state index in [-0.39, 0.29) is 11.3 Å². The third kappa shape index (κ3) is 2.93. The molecule has 24 heavy (non-hydrogen) atoms. The lowest BCUT2D eigenvalue weighted by atomic mass is 10.1. The zero-order valence-corrected chi connectivity index (χ0v) is 12.2. The largest absolute Gasteiger partial charge is 0.872 e. The Morgan fingerprint density at radius 2 is 2.08 bits per heavy atom. The van der Waals surface area contributed by atoms with E-state index in [2.05, 4.69) is 15.5 Å². The van der Waals surface area contributed by atoms with Crippen LogP contribution in [0, 0.1) is 10.1 Å². The van der Waals surface area contributed by atoms with Crippen molar-refractivity contribution in [2.24, 2.45) is 5.10 Å². The zero-order chi connectivity index (χ0) is 17.1. The highest BCUT2D eigenvalue weighted by molar-refractivity contribution is 6.05. The van der Waals surface area contributed by atoms with E-state index in [1.165, 1.54) is 0 Å². The Morgan fingerprint density at radius 1 is 1.25 bits per heavy atom. The van der Waals surface area contributed by atoms with Crippen LogP contribution in [0.15, 0.2) is 53.8 Å². The summed E-state index contributed by atoms with van der Waals surface area (Å²) in [4.78, 5) is 25.3. The van der Waals surface area contributed by atoms with Gasteiger partial charge in [-0.2, -0.15) is 5.10 Å². The van der Waals surface area contributed by atoms with E-state index in [9.17, 15) is 20.0 Å². The molecule has 1 heterocycles. The number of hydrogen-bond donors (Lipinski definition) is 2. The third-order valence-electron chi connectivity index (χ3n) is 3.41. The number of nitro groups is 1. The number of hydrazone groups is 1. The number of aromatic nitrogens is 1. The summed E-state index contributed by atoms with van der Waals surface area (Å²) < 4.78 is 0. The van der Waals surface area contributed by atoms with Crippen molar-refractivity contribution in [1.29, 1.82) is 0 Å². The molecule has 0 atom stereocenters. The predicted octanol–water partition coefficient (Wildman–Crippen LogP) is 1.91. The smallest absolute Gasteiger partial charge is 0.273 e. The number of H-pyrrole nitrogens is 1. The predicted molar refractivity (Wildman–Crippen MR) is 85.9 cm³/mol. The molecule has 0 unspecified atom stereocenters.